The van der Waals surface area contributed by atoms with Gasteiger partial charge in [-0.3, -0.25) is 10.1 Å². The first-order valence-electron chi connectivity index (χ1n) is 5.36. The van der Waals surface area contributed by atoms with Gasteiger partial charge < -0.3 is 4.57 Å². The number of nitrogens with zero attached hydrogens (tertiary/aromatic N) is 5. The van der Waals surface area contributed by atoms with Gasteiger partial charge in [0.15, 0.2) is 15.3 Å². The fraction of sp³-hybridized carbons (Fsp3) is 0.100. The van der Waals surface area contributed by atoms with Gasteiger partial charge in [-0.15, -0.1) is 21.5 Å². The molecule has 0 bridgehead atoms. The van der Waals surface area contributed by atoms with E-state index in [0.717, 1.165) is 22.0 Å². The Kier molecular flexibility index (Phi) is 3.51. The Hall–Kier alpha value is -1.78. The van der Waals surface area contributed by atoms with Crippen LogP contribution in [0.25, 0.3) is 10.7 Å². The summed E-state index contributed by atoms with van der Waals surface area (Å²) < 4.78 is 2.42. The van der Waals surface area contributed by atoms with Crippen LogP contribution in [0.4, 0.5) is 5.00 Å². The Labute approximate surface area is 125 Å². The molecular weight excluding hydrogens is 318 g/mol. The first-order chi connectivity index (χ1) is 9.65. The van der Waals surface area contributed by atoms with Crippen LogP contribution in [0.15, 0.2) is 33.2 Å². The van der Waals surface area contributed by atoms with Crippen molar-refractivity contribution < 1.29 is 4.92 Å². The van der Waals surface area contributed by atoms with E-state index in [1.165, 1.54) is 18.0 Å². The van der Waals surface area contributed by atoms with Crippen LogP contribution in [0, 0.1) is 10.1 Å². The summed E-state index contributed by atoms with van der Waals surface area (Å²) in [5.74, 6) is 0.772. The van der Waals surface area contributed by atoms with Gasteiger partial charge in [0.25, 0.3) is 0 Å². The first-order valence-corrected chi connectivity index (χ1v) is 7.88. The molecule has 3 aromatic rings. The number of nitro groups is 1. The summed E-state index contributed by atoms with van der Waals surface area (Å²) in [7, 11) is 1.86. The second-order valence-electron chi connectivity index (χ2n) is 3.67. The summed E-state index contributed by atoms with van der Waals surface area (Å²) >= 11 is 3.88. The second kappa shape index (κ2) is 5.31. The number of hydrogen-bond donors (Lipinski definition) is 0. The van der Waals surface area contributed by atoms with E-state index in [2.05, 4.69) is 15.2 Å². The largest absolute Gasteiger partial charge is 0.344 e. The Balaban J connectivity index is 1.86. The molecule has 0 aliphatic heterocycles. The van der Waals surface area contributed by atoms with Crippen LogP contribution < -0.4 is 0 Å². The van der Waals surface area contributed by atoms with Gasteiger partial charge in [-0.2, -0.15) is 0 Å². The molecule has 0 aromatic carbocycles. The molecule has 7 nitrogen and oxygen atoms in total. The molecule has 0 amide bonds. The van der Waals surface area contributed by atoms with Crippen molar-refractivity contribution in [2.45, 2.75) is 9.50 Å². The molecule has 0 aliphatic rings. The van der Waals surface area contributed by atoms with Crippen LogP contribution >= 0.6 is 34.4 Å². The molecule has 10 heteroatoms. The molecule has 0 saturated carbocycles. The fourth-order valence-electron chi connectivity index (χ4n) is 1.48. The molecule has 0 aliphatic carbocycles. The summed E-state index contributed by atoms with van der Waals surface area (Å²) in [5.41, 5.74) is 0. The Morgan fingerprint density at radius 3 is 2.95 bits per heavy atom. The standard InChI is InChI=1S/C10H7N5O2S3/c1-14-8(6-3-2-4-18-6)12-13-9(14)20-10-11-5-7(19-10)15(16)17/h2-5H,1H3. The van der Waals surface area contributed by atoms with Gasteiger partial charge in [-0.25, -0.2) is 4.98 Å². The molecule has 0 N–H and O–H groups in total. The highest BCUT2D eigenvalue weighted by atomic mass is 32.2. The zero-order chi connectivity index (χ0) is 14.1. The summed E-state index contributed by atoms with van der Waals surface area (Å²) in [6.45, 7) is 0. The number of rotatable bonds is 4. The van der Waals surface area contributed by atoms with E-state index in [4.69, 9.17) is 0 Å². The summed E-state index contributed by atoms with van der Waals surface area (Å²) in [6.07, 6.45) is 1.25. The van der Waals surface area contributed by atoms with Crippen molar-refractivity contribution in [2.75, 3.05) is 0 Å². The third-order valence-electron chi connectivity index (χ3n) is 2.41. The van der Waals surface area contributed by atoms with Crippen molar-refractivity contribution in [3.8, 4) is 10.7 Å². The monoisotopic (exact) mass is 325 g/mol. The minimum absolute atomic E-state index is 0.0214. The zero-order valence-corrected chi connectivity index (χ0v) is 12.5. The van der Waals surface area contributed by atoms with Gasteiger partial charge in [0.05, 0.1) is 9.80 Å². The highest BCUT2D eigenvalue weighted by Gasteiger charge is 2.17. The Bertz CT molecular complexity index is 749. The van der Waals surface area contributed by atoms with Gasteiger partial charge in [-0.05, 0) is 34.5 Å². The van der Waals surface area contributed by atoms with Crippen LogP contribution in [-0.4, -0.2) is 24.7 Å². The molecule has 0 spiro atoms. The maximum absolute atomic E-state index is 10.6. The van der Waals surface area contributed by atoms with Gasteiger partial charge in [0.1, 0.15) is 6.20 Å². The first kappa shape index (κ1) is 13.2. The Morgan fingerprint density at radius 1 is 1.45 bits per heavy atom. The van der Waals surface area contributed by atoms with Crippen LogP contribution in [0.2, 0.25) is 0 Å². The number of thiophene rings is 1. The molecule has 102 valence electrons. The SMILES string of the molecule is Cn1c(Sc2ncc([N+](=O)[O-])s2)nnc1-c1cccs1. The lowest BCUT2D eigenvalue weighted by Gasteiger charge is -1.99. The predicted molar refractivity (Wildman–Crippen MR) is 77.2 cm³/mol. The lowest BCUT2D eigenvalue weighted by Crippen LogP contribution is -1.92. The van der Waals surface area contributed by atoms with Crippen molar-refractivity contribution in [3.05, 3.63) is 33.8 Å². The van der Waals surface area contributed by atoms with Gasteiger partial charge in [0.2, 0.25) is 0 Å². The third-order valence-corrected chi connectivity index (χ3v) is 5.33. The van der Waals surface area contributed by atoms with E-state index in [9.17, 15) is 10.1 Å². The predicted octanol–water partition coefficient (Wildman–Crippen LogP) is 3.06. The van der Waals surface area contributed by atoms with Gasteiger partial charge >= 0.3 is 5.00 Å². The molecule has 20 heavy (non-hydrogen) atoms. The highest BCUT2D eigenvalue weighted by Crippen LogP contribution is 2.34. The second-order valence-corrected chi connectivity index (χ2v) is 6.84. The van der Waals surface area contributed by atoms with E-state index in [0.29, 0.717) is 9.50 Å². The minimum Gasteiger partial charge on any atom is -0.304 e. The summed E-state index contributed by atoms with van der Waals surface area (Å²) in [5, 5.41) is 21.5. The maximum atomic E-state index is 10.6. The molecule has 0 unspecified atom stereocenters. The molecular formula is C10H7N5O2S3. The molecule has 0 radical (unpaired) electrons. The zero-order valence-electron chi connectivity index (χ0n) is 10.1. The van der Waals surface area contributed by atoms with Crippen molar-refractivity contribution in [1.82, 2.24) is 19.7 Å². The average molecular weight is 325 g/mol. The quantitative estimate of drug-likeness (QED) is 0.541. The lowest BCUT2D eigenvalue weighted by atomic mass is 10.4. The van der Waals surface area contributed by atoms with Crippen molar-refractivity contribution >= 4 is 39.4 Å². The van der Waals surface area contributed by atoms with E-state index in [-0.39, 0.29) is 5.00 Å². The van der Waals surface area contributed by atoms with E-state index in [1.807, 2.05) is 29.1 Å². The van der Waals surface area contributed by atoms with Crippen LogP contribution in [0.1, 0.15) is 0 Å². The fourth-order valence-corrected chi connectivity index (χ4v) is 3.91. The van der Waals surface area contributed by atoms with Crippen LogP contribution in [-0.2, 0) is 7.05 Å². The maximum Gasteiger partial charge on any atom is 0.344 e. The van der Waals surface area contributed by atoms with E-state index < -0.39 is 4.92 Å². The smallest absolute Gasteiger partial charge is 0.304 e. The Morgan fingerprint density at radius 2 is 2.30 bits per heavy atom. The van der Waals surface area contributed by atoms with Gasteiger partial charge in [0, 0.05) is 7.05 Å². The van der Waals surface area contributed by atoms with Crippen LogP contribution in [0.5, 0.6) is 0 Å². The number of hydrogen-bond acceptors (Lipinski definition) is 8. The third kappa shape index (κ3) is 2.44. The minimum atomic E-state index is -0.449. The molecule has 0 atom stereocenters. The average Bonchev–Trinajstić information content (AvgIpc) is 3.12. The normalized spacial score (nSPS) is 10.8. The van der Waals surface area contributed by atoms with Crippen molar-refractivity contribution in [2.24, 2.45) is 7.05 Å². The van der Waals surface area contributed by atoms with Crippen molar-refractivity contribution in [1.29, 1.82) is 0 Å². The van der Waals surface area contributed by atoms with E-state index in [1.54, 1.807) is 11.3 Å². The highest BCUT2D eigenvalue weighted by molar-refractivity contribution is 8.00. The summed E-state index contributed by atoms with van der Waals surface area (Å²) in [6, 6.07) is 3.92. The summed E-state index contributed by atoms with van der Waals surface area (Å²) in [4.78, 5) is 15.2. The van der Waals surface area contributed by atoms with E-state index >= 15 is 0 Å². The molecule has 3 aromatic heterocycles. The molecule has 0 saturated heterocycles. The lowest BCUT2D eigenvalue weighted by molar-refractivity contribution is -0.380. The molecule has 3 heterocycles. The number of aromatic nitrogens is 4. The molecule has 3 rings (SSSR count). The van der Waals surface area contributed by atoms with Gasteiger partial charge in [-0.1, -0.05) is 6.07 Å². The van der Waals surface area contributed by atoms with Crippen LogP contribution in [0.3, 0.4) is 0 Å². The number of thiazole rings is 1. The topological polar surface area (TPSA) is 86.7 Å². The van der Waals surface area contributed by atoms with Crippen molar-refractivity contribution in [3.63, 3.8) is 0 Å². The molecule has 0 fully saturated rings.